The summed E-state index contributed by atoms with van der Waals surface area (Å²) in [7, 11) is 0. The van der Waals surface area contributed by atoms with Gasteiger partial charge in [0.25, 0.3) is 0 Å². The van der Waals surface area contributed by atoms with Crippen LogP contribution < -0.4 is 0 Å². The van der Waals surface area contributed by atoms with Crippen LogP contribution >= 0.6 is 0 Å². The topological polar surface area (TPSA) is 38.7 Å². The van der Waals surface area contributed by atoms with Gasteiger partial charge in [0.05, 0.1) is 17.1 Å². The van der Waals surface area contributed by atoms with E-state index in [0.717, 1.165) is 12.1 Å². The molecule has 1 aliphatic heterocycles. The van der Waals surface area contributed by atoms with Gasteiger partial charge in [0.15, 0.2) is 5.82 Å². The van der Waals surface area contributed by atoms with Crippen molar-refractivity contribution in [3.05, 3.63) is 101 Å². The first-order chi connectivity index (χ1) is 16.0. The zero-order valence-electron chi connectivity index (χ0n) is 19.3. The first kappa shape index (κ1) is 25.2. The van der Waals surface area contributed by atoms with Crippen molar-refractivity contribution < 1.29 is 38.6 Å². The Hall–Kier alpha value is -2.92. The van der Waals surface area contributed by atoms with Gasteiger partial charge in [0.2, 0.25) is 0 Å². The van der Waals surface area contributed by atoms with Crippen molar-refractivity contribution in [2.75, 3.05) is 0 Å². The maximum absolute atomic E-state index is 15.0. The molecule has 0 radical (unpaired) electrons. The summed E-state index contributed by atoms with van der Waals surface area (Å²) in [6.45, 7) is 6.82. The fourth-order valence-corrected chi connectivity index (χ4v) is 4.31. The molecule has 0 unspecified atom stereocenters. The third-order valence-corrected chi connectivity index (χ3v) is 6.41. The van der Waals surface area contributed by atoms with Gasteiger partial charge in [0.1, 0.15) is 11.5 Å². The van der Waals surface area contributed by atoms with Crippen molar-refractivity contribution in [1.29, 1.82) is 0 Å². The molecule has 35 heavy (non-hydrogen) atoms. The Kier molecular flexibility index (Phi) is 6.21. The molecule has 3 aromatic heterocycles. The second-order valence-electron chi connectivity index (χ2n) is 9.43. The van der Waals surface area contributed by atoms with Crippen LogP contribution in [0.1, 0.15) is 50.3 Å². The van der Waals surface area contributed by atoms with E-state index in [0.29, 0.717) is 11.4 Å². The number of halogens is 4. The van der Waals surface area contributed by atoms with E-state index in [1.54, 1.807) is 36.4 Å². The maximum atomic E-state index is 15.0. The molecule has 0 amide bonds. The van der Waals surface area contributed by atoms with Gasteiger partial charge in [-0.2, -0.15) is 0 Å². The Morgan fingerprint density at radius 3 is 1.89 bits per heavy atom. The van der Waals surface area contributed by atoms with Crippen LogP contribution in [0.25, 0.3) is 22.6 Å². The Bertz CT molecular complexity index is 1360. The number of nitrogens with zero attached hydrogens (tertiary/aromatic N) is 3. The Morgan fingerprint density at radius 1 is 0.657 bits per heavy atom. The van der Waals surface area contributed by atoms with Gasteiger partial charge in [-0.3, -0.25) is 13.8 Å². The average molecular weight is 658 g/mol. The molecule has 1 aromatic carbocycles. The molecule has 4 aromatic rings. The summed E-state index contributed by atoms with van der Waals surface area (Å²) < 4.78 is 59.9. The van der Waals surface area contributed by atoms with Crippen LogP contribution in [-0.4, -0.2) is 15.0 Å². The van der Waals surface area contributed by atoms with Crippen molar-refractivity contribution >= 4 is 0 Å². The fraction of sp³-hybridized carbons (Fsp3) is 0.222. The molecule has 8 heteroatoms. The molecule has 0 N–H and O–H groups in total. The first-order valence-electron chi connectivity index (χ1n) is 10.7. The minimum absolute atomic E-state index is 0. The molecule has 0 saturated carbocycles. The minimum atomic E-state index is -1.42. The molecule has 0 fully saturated rings. The predicted octanol–water partition coefficient (Wildman–Crippen LogP) is 6.52. The number of hydrogen-bond acceptors (Lipinski definition) is 3. The van der Waals surface area contributed by atoms with Crippen LogP contribution in [0.2, 0.25) is 0 Å². The van der Waals surface area contributed by atoms with E-state index in [2.05, 4.69) is 21.0 Å². The van der Waals surface area contributed by atoms with Gasteiger partial charge in [-0.15, -0.1) is 6.07 Å². The molecule has 182 valence electrons. The summed E-state index contributed by atoms with van der Waals surface area (Å²) in [4.78, 5) is 13.5. The molecule has 1 aliphatic rings. The van der Waals surface area contributed by atoms with E-state index >= 15 is 8.78 Å². The SMILES string of the molecule is CC1(C)c2cccc(n2)-c2[c-]c(c(F)cc2F)C(C)(C)c2nc(c(F)cc2F)-c2cccc1n2.[Pt]. The first-order valence-corrected chi connectivity index (χ1v) is 10.7. The molecular formula is C27H20F4N3Pt-. The van der Waals surface area contributed by atoms with Crippen LogP contribution in [0.5, 0.6) is 0 Å². The number of fused-ring (bicyclic) bond motifs is 10. The van der Waals surface area contributed by atoms with Gasteiger partial charge in [-0.1, -0.05) is 49.2 Å². The van der Waals surface area contributed by atoms with Crippen LogP contribution in [0.15, 0.2) is 48.5 Å². The second-order valence-corrected chi connectivity index (χ2v) is 9.43. The predicted molar refractivity (Wildman–Crippen MR) is 120 cm³/mol. The molecule has 3 nitrogen and oxygen atoms in total. The maximum Gasteiger partial charge on any atom is 0.154 e. The van der Waals surface area contributed by atoms with Crippen molar-refractivity contribution in [1.82, 2.24) is 15.0 Å². The zero-order chi connectivity index (χ0) is 24.4. The van der Waals surface area contributed by atoms with Crippen molar-refractivity contribution in [2.24, 2.45) is 0 Å². The summed E-state index contributed by atoms with van der Waals surface area (Å²) >= 11 is 0. The third-order valence-electron chi connectivity index (χ3n) is 6.41. The van der Waals surface area contributed by atoms with Gasteiger partial charge >= 0.3 is 0 Å². The van der Waals surface area contributed by atoms with E-state index in [1.165, 1.54) is 13.8 Å². The van der Waals surface area contributed by atoms with Crippen LogP contribution in [-0.2, 0) is 31.9 Å². The number of benzene rings is 1. The molecule has 0 atom stereocenters. The minimum Gasteiger partial charge on any atom is -0.300 e. The molecule has 4 heterocycles. The standard InChI is InChI=1S/C27H20F4N3.Pt/c1-26(2)15-11-14(16(28)12-17(15)29)20-7-5-9-22(32-20)27(3,4)23-10-6-8-21(33-23)24-18(30)13-19(31)25(26)34-24;/h5-10,12-13H,1-4H3;/q-1;. The van der Waals surface area contributed by atoms with Crippen LogP contribution in [0, 0.1) is 29.3 Å². The normalized spacial score (nSPS) is 15.1. The Labute approximate surface area is 214 Å². The number of aromatic nitrogens is 3. The average Bonchev–Trinajstić information content (AvgIpc) is 2.78. The Balaban J connectivity index is 0.00000289. The van der Waals surface area contributed by atoms with Gasteiger partial charge in [-0.05, 0) is 37.7 Å². The molecule has 0 saturated heterocycles. The molecule has 0 spiro atoms. The molecule has 8 bridgehead atoms. The fourth-order valence-electron chi connectivity index (χ4n) is 4.31. The summed E-state index contributed by atoms with van der Waals surface area (Å²) in [5.41, 5.74) is -1.10. The third kappa shape index (κ3) is 4.00. The largest absolute Gasteiger partial charge is 0.300 e. The van der Waals surface area contributed by atoms with E-state index in [-0.39, 0.29) is 55.0 Å². The number of rotatable bonds is 0. The summed E-state index contributed by atoms with van der Waals surface area (Å²) in [6, 6.07) is 14.4. The molecule has 0 aliphatic carbocycles. The number of hydrogen-bond donors (Lipinski definition) is 0. The summed E-state index contributed by atoms with van der Waals surface area (Å²) in [5.74, 6) is -3.61. The summed E-state index contributed by atoms with van der Waals surface area (Å²) in [5, 5.41) is 0. The van der Waals surface area contributed by atoms with Gasteiger partial charge < -0.3 is 4.98 Å². The van der Waals surface area contributed by atoms with Crippen molar-refractivity contribution in [2.45, 2.75) is 38.5 Å². The monoisotopic (exact) mass is 657 g/mol. The Morgan fingerprint density at radius 2 is 1.23 bits per heavy atom. The van der Waals surface area contributed by atoms with Gasteiger partial charge in [-0.25, -0.2) is 13.8 Å². The zero-order valence-corrected chi connectivity index (χ0v) is 21.6. The van der Waals surface area contributed by atoms with Crippen LogP contribution in [0.3, 0.4) is 0 Å². The van der Waals surface area contributed by atoms with Crippen molar-refractivity contribution in [3.8, 4) is 22.6 Å². The second kappa shape index (κ2) is 8.63. The van der Waals surface area contributed by atoms with E-state index in [4.69, 9.17) is 0 Å². The molecular weight excluding hydrogens is 637 g/mol. The van der Waals surface area contributed by atoms with E-state index in [9.17, 15) is 8.78 Å². The van der Waals surface area contributed by atoms with E-state index in [1.807, 2.05) is 13.8 Å². The summed E-state index contributed by atoms with van der Waals surface area (Å²) in [6.07, 6.45) is 0. The smallest absolute Gasteiger partial charge is 0.154 e. The van der Waals surface area contributed by atoms with Gasteiger partial charge in [0, 0.05) is 55.3 Å². The van der Waals surface area contributed by atoms with Crippen LogP contribution in [0.4, 0.5) is 17.6 Å². The molecule has 5 rings (SSSR count). The van der Waals surface area contributed by atoms with Crippen molar-refractivity contribution in [3.63, 3.8) is 0 Å². The van der Waals surface area contributed by atoms with E-state index < -0.39 is 34.1 Å². The quantitative estimate of drug-likeness (QED) is 0.160. The number of pyridine rings is 3.